The molecule has 2 N–H and O–H groups in total. The Morgan fingerprint density at radius 3 is 2.37 bits per heavy atom. The Bertz CT molecular complexity index is 961. The number of amides is 2. The van der Waals surface area contributed by atoms with E-state index in [1.54, 1.807) is 30.3 Å². The molecule has 0 fully saturated rings. The van der Waals surface area contributed by atoms with Gasteiger partial charge in [-0.2, -0.15) is 0 Å². The summed E-state index contributed by atoms with van der Waals surface area (Å²) in [6, 6.07) is 11.5. The lowest BCUT2D eigenvalue weighted by Gasteiger charge is -2.16. The van der Waals surface area contributed by atoms with Crippen molar-refractivity contribution in [3.05, 3.63) is 59.1 Å². The number of carbonyl (C=O) groups is 2. The molecule has 0 aliphatic rings. The van der Waals surface area contributed by atoms with E-state index < -0.39 is 27.9 Å². The normalized spacial score (nSPS) is 12.5. The molecule has 0 aromatic heterocycles. The maximum Gasteiger partial charge on any atom is 0.253 e. The Labute approximate surface area is 163 Å². The monoisotopic (exact) mass is 409 g/mol. The molecule has 7 nitrogen and oxygen atoms in total. The number of carbonyl (C=O) groups excluding carboxylic acids is 2. The smallest absolute Gasteiger partial charge is 0.253 e. The molecule has 0 unspecified atom stereocenters. The van der Waals surface area contributed by atoms with Crippen molar-refractivity contribution in [3.63, 3.8) is 0 Å². The zero-order chi connectivity index (χ0) is 20.2. The Kier molecular flexibility index (Phi) is 6.59. The van der Waals surface area contributed by atoms with Crippen molar-refractivity contribution in [2.24, 2.45) is 0 Å². The van der Waals surface area contributed by atoms with Gasteiger partial charge in [0.05, 0.1) is 15.5 Å². The highest BCUT2D eigenvalue weighted by Crippen LogP contribution is 2.18. The van der Waals surface area contributed by atoms with E-state index in [1.165, 1.54) is 39.2 Å². The highest BCUT2D eigenvalue weighted by Gasteiger charge is 2.20. The van der Waals surface area contributed by atoms with Crippen molar-refractivity contribution in [2.45, 2.75) is 17.9 Å². The summed E-state index contributed by atoms with van der Waals surface area (Å²) in [4.78, 5) is 24.6. The van der Waals surface area contributed by atoms with Gasteiger partial charge in [-0.15, -0.1) is 0 Å². The summed E-state index contributed by atoms with van der Waals surface area (Å²) >= 11 is 5.98. The lowest BCUT2D eigenvalue weighted by Crippen LogP contribution is -2.41. The second kappa shape index (κ2) is 8.51. The van der Waals surface area contributed by atoms with Crippen LogP contribution in [-0.4, -0.2) is 44.7 Å². The van der Waals surface area contributed by atoms with Crippen molar-refractivity contribution in [1.82, 2.24) is 9.62 Å². The number of rotatable bonds is 6. The summed E-state index contributed by atoms with van der Waals surface area (Å²) in [7, 11) is -0.771. The third kappa shape index (κ3) is 5.06. The van der Waals surface area contributed by atoms with Crippen molar-refractivity contribution < 1.29 is 18.0 Å². The summed E-state index contributed by atoms with van der Waals surface area (Å²) < 4.78 is 25.4. The highest BCUT2D eigenvalue weighted by molar-refractivity contribution is 7.89. The van der Waals surface area contributed by atoms with Gasteiger partial charge in [0.2, 0.25) is 15.9 Å². The molecule has 2 rings (SSSR count). The summed E-state index contributed by atoms with van der Waals surface area (Å²) in [5.74, 6) is -0.970. The first-order chi connectivity index (χ1) is 12.6. The van der Waals surface area contributed by atoms with Gasteiger partial charge in [0, 0.05) is 19.8 Å². The third-order valence-corrected chi connectivity index (χ3v) is 5.88. The van der Waals surface area contributed by atoms with Crippen LogP contribution in [0.4, 0.5) is 5.69 Å². The number of halogens is 1. The molecule has 1 atom stereocenters. The zero-order valence-corrected chi connectivity index (χ0v) is 16.6. The van der Waals surface area contributed by atoms with E-state index >= 15 is 0 Å². The van der Waals surface area contributed by atoms with Crippen LogP contribution in [0.2, 0.25) is 5.02 Å². The van der Waals surface area contributed by atoms with Crippen LogP contribution in [0.15, 0.2) is 53.4 Å². The van der Waals surface area contributed by atoms with E-state index in [0.717, 1.165) is 4.31 Å². The van der Waals surface area contributed by atoms with E-state index in [9.17, 15) is 18.0 Å². The molecule has 0 saturated carbocycles. The van der Waals surface area contributed by atoms with Crippen LogP contribution in [0, 0.1) is 0 Å². The SMILES string of the molecule is C[C@H](NC(=O)c1ccccc1Cl)C(=O)Nc1cccc(S(=O)(=O)N(C)C)c1. The topological polar surface area (TPSA) is 95.6 Å². The third-order valence-electron chi connectivity index (χ3n) is 3.74. The highest BCUT2D eigenvalue weighted by atomic mass is 35.5. The van der Waals surface area contributed by atoms with Gasteiger partial charge >= 0.3 is 0 Å². The van der Waals surface area contributed by atoms with Crippen molar-refractivity contribution in [2.75, 3.05) is 19.4 Å². The molecule has 0 saturated heterocycles. The molecule has 0 aliphatic carbocycles. The van der Waals surface area contributed by atoms with Crippen LogP contribution in [-0.2, 0) is 14.8 Å². The maximum absolute atomic E-state index is 12.3. The summed E-state index contributed by atoms with van der Waals surface area (Å²) in [6.45, 7) is 1.52. The number of hydrogen-bond acceptors (Lipinski definition) is 4. The summed E-state index contributed by atoms with van der Waals surface area (Å²) in [5, 5.41) is 5.43. The summed E-state index contributed by atoms with van der Waals surface area (Å²) in [5.41, 5.74) is 0.569. The van der Waals surface area contributed by atoms with Crippen molar-refractivity contribution in [3.8, 4) is 0 Å². The maximum atomic E-state index is 12.3. The molecule has 27 heavy (non-hydrogen) atoms. The van der Waals surface area contributed by atoms with Crippen molar-refractivity contribution >= 4 is 39.1 Å². The second-order valence-electron chi connectivity index (χ2n) is 5.98. The molecule has 0 aliphatic heterocycles. The average molecular weight is 410 g/mol. The molecule has 2 aromatic rings. The van der Waals surface area contributed by atoms with Gasteiger partial charge in [-0.05, 0) is 37.3 Å². The number of nitrogens with zero attached hydrogens (tertiary/aromatic N) is 1. The first-order valence-corrected chi connectivity index (χ1v) is 9.83. The minimum Gasteiger partial charge on any atom is -0.340 e. The molecule has 0 heterocycles. The van der Waals surface area contributed by atoms with Crippen LogP contribution >= 0.6 is 11.6 Å². The van der Waals surface area contributed by atoms with Gasteiger partial charge < -0.3 is 10.6 Å². The van der Waals surface area contributed by atoms with Crippen LogP contribution in [0.25, 0.3) is 0 Å². The minimum absolute atomic E-state index is 0.0538. The first kappa shape index (κ1) is 20.9. The Balaban J connectivity index is 2.09. The molecule has 0 spiro atoms. The van der Waals surface area contributed by atoms with Gasteiger partial charge in [0.1, 0.15) is 6.04 Å². The standard InChI is InChI=1S/C18H20ClN3O4S/c1-12(20-18(24)15-9-4-5-10-16(15)19)17(23)21-13-7-6-8-14(11-13)27(25,26)22(2)3/h4-12H,1-3H3,(H,20,24)(H,21,23)/t12-/m0/s1. The first-order valence-electron chi connectivity index (χ1n) is 8.02. The molecule has 0 radical (unpaired) electrons. The molecular weight excluding hydrogens is 390 g/mol. The number of benzene rings is 2. The molecule has 0 bridgehead atoms. The predicted octanol–water partition coefficient (Wildman–Crippen LogP) is 2.35. The molecule has 144 valence electrons. The van der Waals surface area contributed by atoms with Crippen LogP contribution < -0.4 is 10.6 Å². The Hall–Kier alpha value is -2.42. The van der Waals surface area contributed by atoms with E-state index in [1.807, 2.05) is 0 Å². The quantitative estimate of drug-likeness (QED) is 0.765. The second-order valence-corrected chi connectivity index (χ2v) is 8.54. The van der Waals surface area contributed by atoms with Gasteiger partial charge in [-0.25, -0.2) is 12.7 Å². The fourth-order valence-corrected chi connectivity index (χ4v) is 3.35. The van der Waals surface area contributed by atoms with Crippen LogP contribution in [0.1, 0.15) is 17.3 Å². The van der Waals surface area contributed by atoms with E-state index in [4.69, 9.17) is 11.6 Å². The van der Waals surface area contributed by atoms with Gasteiger partial charge in [-0.3, -0.25) is 9.59 Å². The molecule has 2 amide bonds. The summed E-state index contributed by atoms with van der Waals surface area (Å²) in [6.07, 6.45) is 0. The van der Waals surface area contributed by atoms with Crippen molar-refractivity contribution in [1.29, 1.82) is 0 Å². The van der Waals surface area contributed by atoms with E-state index in [-0.39, 0.29) is 15.5 Å². The van der Waals surface area contributed by atoms with Crippen LogP contribution in [0.5, 0.6) is 0 Å². The van der Waals surface area contributed by atoms with Gasteiger partial charge in [0.25, 0.3) is 5.91 Å². The largest absolute Gasteiger partial charge is 0.340 e. The van der Waals surface area contributed by atoms with E-state index in [0.29, 0.717) is 5.69 Å². The molecular formula is C18H20ClN3O4S. The Morgan fingerprint density at radius 2 is 1.74 bits per heavy atom. The van der Waals surface area contributed by atoms with Crippen LogP contribution in [0.3, 0.4) is 0 Å². The predicted molar refractivity (Wildman–Crippen MR) is 104 cm³/mol. The zero-order valence-electron chi connectivity index (χ0n) is 15.1. The molecule has 2 aromatic carbocycles. The lowest BCUT2D eigenvalue weighted by molar-refractivity contribution is -0.117. The number of sulfonamides is 1. The van der Waals surface area contributed by atoms with E-state index in [2.05, 4.69) is 10.6 Å². The fourth-order valence-electron chi connectivity index (χ4n) is 2.18. The Morgan fingerprint density at radius 1 is 1.07 bits per heavy atom. The van der Waals surface area contributed by atoms with Gasteiger partial charge in [-0.1, -0.05) is 29.8 Å². The van der Waals surface area contributed by atoms with Gasteiger partial charge in [0.15, 0.2) is 0 Å². The number of nitrogens with one attached hydrogen (secondary N) is 2. The number of hydrogen-bond donors (Lipinski definition) is 2. The average Bonchev–Trinajstić information content (AvgIpc) is 2.62. The number of anilines is 1. The molecule has 9 heteroatoms. The minimum atomic E-state index is -3.62. The lowest BCUT2D eigenvalue weighted by atomic mass is 10.2. The fraction of sp³-hybridized carbons (Fsp3) is 0.222.